The number of carbonyl (C=O) groups is 1. The second-order valence-electron chi connectivity index (χ2n) is 6.28. The second-order valence-corrected chi connectivity index (χ2v) is 6.28. The van der Waals surface area contributed by atoms with E-state index in [1.165, 1.54) is 11.0 Å². The summed E-state index contributed by atoms with van der Waals surface area (Å²) in [6.45, 7) is 5.20. The number of benzene rings is 1. The van der Waals surface area contributed by atoms with Gasteiger partial charge in [0.15, 0.2) is 5.96 Å². The highest BCUT2D eigenvalue weighted by Gasteiger charge is 2.11. The molecular formula is C18H28FN5O2. The normalized spacial score (nSPS) is 15.6. The van der Waals surface area contributed by atoms with E-state index in [4.69, 9.17) is 4.74 Å². The van der Waals surface area contributed by atoms with Crippen molar-refractivity contribution in [1.29, 1.82) is 0 Å². The Labute approximate surface area is 154 Å². The first kappa shape index (κ1) is 20.1. The predicted molar refractivity (Wildman–Crippen MR) is 99.5 cm³/mol. The lowest BCUT2D eigenvalue weighted by Gasteiger charge is -2.26. The smallest absolute Gasteiger partial charge is 0.241 e. The van der Waals surface area contributed by atoms with Gasteiger partial charge in [-0.25, -0.2) is 9.38 Å². The Morgan fingerprint density at radius 1 is 1.27 bits per heavy atom. The van der Waals surface area contributed by atoms with E-state index >= 15 is 0 Å². The molecule has 1 fully saturated rings. The zero-order valence-electron chi connectivity index (χ0n) is 15.5. The van der Waals surface area contributed by atoms with Gasteiger partial charge in [0.1, 0.15) is 5.82 Å². The number of guanidine groups is 1. The third kappa shape index (κ3) is 6.97. The second kappa shape index (κ2) is 10.7. The molecular weight excluding hydrogens is 337 g/mol. The van der Waals surface area contributed by atoms with E-state index in [-0.39, 0.29) is 24.8 Å². The molecule has 8 heteroatoms. The molecule has 0 bridgehead atoms. The van der Waals surface area contributed by atoms with E-state index in [0.29, 0.717) is 18.1 Å². The van der Waals surface area contributed by atoms with Crippen LogP contribution in [0.2, 0.25) is 0 Å². The highest BCUT2D eigenvalue weighted by Crippen LogP contribution is 2.07. The summed E-state index contributed by atoms with van der Waals surface area (Å²) in [5.41, 5.74) is 0.515. The van der Waals surface area contributed by atoms with Crippen LogP contribution in [0.15, 0.2) is 29.3 Å². The van der Waals surface area contributed by atoms with Crippen LogP contribution in [0.4, 0.5) is 4.39 Å². The summed E-state index contributed by atoms with van der Waals surface area (Å²) in [7, 11) is 3.40. The first-order valence-corrected chi connectivity index (χ1v) is 8.82. The summed E-state index contributed by atoms with van der Waals surface area (Å²) in [4.78, 5) is 20.0. The topological polar surface area (TPSA) is 69.2 Å². The van der Waals surface area contributed by atoms with Crippen molar-refractivity contribution in [3.8, 4) is 0 Å². The highest BCUT2D eigenvalue weighted by molar-refractivity contribution is 5.86. The molecule has 1 saturated heterocycles. The third-order valence-corrected chi connectivity index (χ3v) is 4.10. The van der Waals surface area contributed by atoms with Crippen LogP contribution in [0.3, 0.4) is 0 Å². The molecule has 144 valence electrons. The number of nitrogens with one attached hydrogen (secondary N) is 2. The molecule has 0 aromatic heterocycles. The van der Waals surface area contributed by atoms with Crippen molar-refractivity contribution in [2.45, 2.75) is 6.54 Å². The summed E-state index contributed by atoms with van der Waals surface area (Å²) in [5, 5.41) is 6.22. The fourth-order valence-electron chi connectivity index (χ4n) is 2.44. The lowest BCUT2D eigenvalue weighted by Crippen LogP contribution is -2.46. The molecule has 1 aliphatic rings. The van der Waals surface area contributed by atoms with Crippen LogP contribution >= 0.6 is 0 Å². The number of nitrogens with zero attached hydrogens (tertiary/aromatic N) is 3. The minimum absolute atomic E-state index is 0.0569. The summed E-state index contributed by atoms with van der Waals surface area (Å²) < 4.78 is 19.1. The van der Waals surface area contributed by atoms with Gasteiger partial charge in [-0.05, 0) is 6.07 Å². The van der Waals surface area contributed by atoms with E-state index in [2.05, 4.69) is 20.5 Å². The van der Waals surface area contributed by atoms with Gasteiger partial charge in [0.2, 0.25) is 5.91 Å². The number of morpholine rings is 1. The molecule has 0 spiro atoms. The number of likely N-dealkylation sites (N-methyl/N-ethyl adjacent to an activating group) is 1. The molecule has 2 rings (SSSR count). The quantitative estimate of drug-likeness (QED) is 0.537. The van der Waals surface area contributed by atoms with Gasteiger partial charge in [-0.2, -0.15) is 0 Å². The molecule has 1 amide bonds. The van der Waals surface area contributed by atoms with Crippen molar-refractivity contribution in [2.24, 2.45) is 4.99 Å². The van der Waals surface area contributed by atoms with Crippen LogP contribution in [0.1, 0.15) is 5.56 Å². The zero-order chi connectivity index (χ0) is 18.8. The number of halogens is 1. The first-order chi connectivity index (χ1) is 12.6. The molecule has 0 atom stereocenters. The van der Waals surface area contributed by atoms with Gasteiger partial charge in [0.05, 0.1) is 26.3 Å². The van der Waals surface area contributed by atoms with Gasteiger partial charge in [0.25, 0.3) is 0 Å². The van der Waals surface area contributed by atoms with Crippen LogP contribution in [0.5, 0.6) is 0 Å². The molecule has 7 nitrogen and oxygen atoms in total. The number of aliphatic imine (C=N–C) groups is 1. The minimum atomic E-state index is -0.284. The number of ether oxygens (including phenoxy) is 1. The number of hydrogen-bond acceptors (Lipinski definition) is 4. The van der Waals surface area contributed by atoms with Gasteiger partial charge in [-0.3, -0.25) is 9.69 Å². The van der Waals surface area contributed by atoms with Crippen molar-refractivity contribution in [2.75, 3.05) is 60.0 Å². The fourth-order valence-corrected chi connectivity index (χ4v) is 2.44. The summed E-state index contributed by atoms with van der Waals surface area (Å²) >= 11 is 0. The Balaban J connectivity index is 1.90. The molecule has 0 aliphatic carbocycles. The van der Waals surface area contributed by atoms with E-state index in [1.54, 1.807) is 32.3 Å². The molecule has 0 unspecified atom stereocenters. The Kier molecular flexibility index (Phi) is 8.30. The third-order valence-electron chi connectivity index (χ3n) is 4.10. The van der Waals surface area contributed by atoms with Crippen LogP contribution in [0, 0.1) is 5.82 Å². The van der Waals surface area contributed by atoms with Crippen LogP contribution in [-0.4, -0.2) is 81.7 Å². The van der Waals surface area contributed by atoms with Crippen LogP contribution in [0.25, 0.3) is 0 Å². The van der Waals surface area contributed by atoms with E-state index in [9.17, 15) is 9.18 Å². The van der Waals surface area contributed by atoms with Crippen molar-refractivity contribution < 1.29 is 13.9 Å². The van der Waals surface area contributed by atoms with E-state index < -0.39 is 0 Å². The van der Waals surface area contributed by atoms with Gasteiger partial charge >= 0.3 is 0 Å². The van der Waals surface area contributed by atoms with Crippen molar-refractivity contribution in [3.63, 3.8) is 0 Å². The number of amides is 1. The van der Waals surface area contributed by atoms with Crippen LogP contribution < -0.4 is 10.6 Å². The first-order valence-electron chi connectivity index (χ1n) is 8.82. The molecule has 1 heterocycles. The highest BCUT2D eigenvalue weighted by atomic mass is 19.1. The summed E-state index contributed by atoms with van der Waals surface area (Å²) in [6, 6.07) is 6.55. The maximum Gasteiger partial charge on any atom is 0.241 e. The fraction of sp³-hybridized carbons (Fsp3) is 0.556. The van der Waals surface area contributed by atoms with Gasteiger partial charge < -0.3 is 20.3 Å². The van der Waals surface area contributed by atoms with Crippen molar-refractivity contribution in [3.05, 3.63) is 35.6 Å². The molecule has 0 saturated carbocycles. The molecule has 0 radical (unpaired) electrons. The average Bonchev–Trinajstić information content (AvgIpc) is 2.65. The predicted octanol–water partition coefficient (Wildman–Crippen LogP) is 0.281. The monoisotopic (exact) mass is 365 g/mol. The zero-order valence-corrected chi connectivity index (χ0v) is 15.5. The summed E-state index contributed by atoms with van der Waals surface area (Å²) in [6.07, 6.45) is 0. The largest absolute Gasteiger partial charge is 0.379 e. The van der Waals surface area contributed by atoms with E-state index in [0.717, 1.165) is 32.8 Å². The minimum Gasteiger partial charge on any atom is -0.379 e. The van der Waals surface area contributed by atoms with Gasteiger partial charge in [-0.1, -0.05) is 18.2 Å². The standard InChI is InChI=1S/C18H28FN5O2/c1-23(2)17(25)14-22-18(20-7-8-24-9-11-26-12-10-24)21-13-15-5-3-4-6-16(15)19/h3-6H,7-14H2,1-2H3,(H2,20,21,22). The Bertz CT molecular complexity index is 603. The number of carbonyl (C=O) groups excluding carboxylic acids is 1. The average molecular weight is 365 g/mol. The maximum atomic E-state index is 13.8. The van der Waals surface area contributed by atoms with E-state index in [1.807, 2.05) is 0 Å². The van der Waals surface area contributed by atoms with Gasteiger partial charge in [0, 0.05) is 45.8 Å². The number of rotatable bonds is 7. The van der Waals surface area contributed by atoms with Crippen molar-refractivity contribution in [1.82, 2.24) is 20.4 Å². The summed E-state index contributed by atoms with van der Waals surface area (Å²) in [5.74, 6) is 0.156. The molecule has 1 aromatic carbocycles. The molecule has 2 N–H and O–H groups in total. The Morgan fingerprint density at radius 3 is 2.69 bits per heavy atom. The maximum absolute atomic E-state index is 13.8. The Morgan fingerprint density at radius 2 is 2.00 bits per heavy atom. The van der Waals surface area contributed by atoms with Crippen LogP contribution in [-0.2, 0) is 16.1 Å². The SMILES string of the molecule is CN(C)C(=O)CNC(=NCc1ccccc1F)NCCN1CCOCC1. The lowest BCUT2D eigenvalue weighted by atomic mass is 10.2. The Hall–Kier alpha value is -2.19. The molecule has 26 heavy (non-hydrogen) atoms. The molecule has 1 aliphatic heterocycles. The van der Waals surface area contributed by atoms with Crippen molar-refractivity contribution >= 4 is 11.9 Å². The number of hydrogen-bond donors (Lipinski definition) is 2. The lowest BCUT2D eigenvalue weighted by molar-refractivity contribution is -0.127. The van der Waals surface area contributed by atoms with Gasteiger partial charge in [-0.15, -0.1) is 0 Å². The molecule has 1 aromatic rings.